The SMILES string of the molecule is Clc1ccc(N2CCN(N=Cc3ccc(Cl)c(Cl)c3)CC2)cc1. The zero-order chi connectivity index (χ0) is 16.2. The summed E-state index contributed by atoms with van der Waals surface area (Å²) < 4.78 is 0. The van der Waals surface area contributed by atoms with Gasteiger partial charge in [0.2, 0.25) is 0 Å². The second kappa shape index (κ2) is 7.43. The molecule has 2 aromatic rings. The van der Waals surface area contributed by atoms with Crippen LogP contribution in [-0.4, -0.2) is 37.4 Å². The van der Waals surface area contributed by atoms with Crippen LogP contribution in [0.1, 0.15) is 5.56 Å². The Balaban J connectivity index is 1.57. The van der Waals surface area contributed by atoms with E-state index < -0.39 is 0 Å². The maximum absolute atomic E-state index is 6.01. The van der Waals surface area contributed by atoms with E-state index in [1.54, 1.807) is 6.07 Å². The maximum Gasteiger partial charge on any atom is 0.0598 e. The van der Waals surface area contributed by atoms with E-state index >= 15 is 0 Å². The lowest BCUT2D eigenvalue weighted by Gasteiger charge is -2.34. The van der Waals surface area contributed by atoms with Crippen LogP contribution in [0.2, 0.25) is 15.1 Å². The summed E-state index contributed by atoms with van der Waals surface area (Å²) in [7, 11) is 0. The van der Waals surface area contributed by atoms with Gasteiger partial charge in [0.15, 0.2) is 0 Å². The molecule has 0 N–H and O–H groups in total. The van der Waals surface area contributed by atoms with E-state index in [2.05, 4.69) is 27.1 Å². The van der Waals surface area contributed by atoms with Crippen molar-refractivity contribution in [2.75, 3.05) is 31.1 Å². The number of hydrogen-bond donors (Lipinski definition) is 0. The summed E-state index contributed by atoms with van der Waals surface area (Å²) >= 11 is 17.9. The molecule has 0 aliphatic carbocycles. The van der Waals surface area contributed by atoms with Gasteiger partial charge in [-0.15, -0.1) is 0 Å². The van der Waals surface area contributed by atoms with Gasteiger partial charge in [-0.25, -0.2) is 0 Å². The van der Waals surface area contributed by atoms with Gasteiger partial charge in [0.1, 0.15) is 0 Å². The van der Waals surface area contributed by atoms with Crippen molar-refractivity contribution in [1.29, 1.82) is 0 Å². The second-order valence-electron chi connectivity index (χ2n) is 5.34. The summed E-state index contributed by atoms with van der Waals surface area (Å²) in [5, 5.41) is 8.45. The summed E-state index contributed by atoms with van der Waals surface area (Å²) in [6.07, 6.45) is 1.82. The van der Waals surface area contributed by atoms with Crippen LogP contribution in [0.5, 0.6) is 0 Å². The van der Waals surface area contributed by atoms with Gasteiger partial charge in [0, 0.05) is 23.8 Å². The van der Waals surface area contributed by atoms with Crippen molar-refractivity contribution >= 4 is 46.7 Å². The Labute approximate surface area is 151 Å². The first-order valence-corrected chi connectivity index (χ1v) is 8.50. The highest BCUT2D eigenvalue weighted by atomic mass is 35.5. The molecule has 6 heteroatoms. The van der Waals surface area contributed by atoms with Crippen LogP contribution in [0.25, 0.3) is 0 Å². The van der Waals surface area contributed by atoms with E-state index in [1.807, 2.05) is 30.5 Å². The molecule has 1 aliphatic rings. The van der Waals surface area contributed by atoms with E-state index in [9.17, 15) is 0 Å². The van der Waals surface area contributed by atoms with E-state index in [0.717, 1.165) is 36.8 Å². The topological polar surface area (TPSA) is 18.8 Å². The molecule has 1 saturated heterocycles. The molecule has 3 nitrogen and oxygen atoms in total. The third-order valence-corrected chi connectivity index (χ3v) is 4.75. The lowest BCUT2D eigenvalue weighted by atomic mass is 10.2. The molecule has 23 heavy (non-hydrogen) atoms. The minimum absolute atomic E-state index is 0.545. The molecule has 0 saturated carbocycles. The first-order valence-electron chi connectivity index (χ1n) is 7.36. The van der Waals surface area contributed by atoms with E-state index in [1.165, 1.54) is 5.69 Å². The summed E-state index contributed by atoms with van der Waals surface area (Å²) in [6, 6.07) is 13.5. The maximum atomic E-state index is 6.01. The van der Waals surface area contributed by atoms with Crippen LogP contribution in [0.3, 0.4) is 0 Å². The van der Waals surface area contributed by atoms with Crippen LogP contribution < -0.4 is 4.90 Å². The molecular weight excluding hydrogens is 353 g/mol. The fourth-order valence-corrected chi connectivity index (χ4v) is 2.89. The predicted octanol–water partition coefficient (Wildman–Crippen LogP) is 4.80. The van der Waals surface area contributed by atoms with Gasteiger partial charge in [-0.3, -0.25) is 5.01 Å². The van der Waals surface area contributed by atoms with Crippen LogP contribution >= 0.6 is 34.8 Å². The molecule has 1 heterocycles. The zero-order valence-corrected chi connectivity index (χ0v) is 14.7. The Morgan fingerprint density at radius 2 is 1.52 bits per heavy atom. The number of rotatable bonds is 3. The van der Waals surface area contributed by atoms with E-state index in [0.29, 0.717) is 10.0 Å². The number of halogens is 3. The van der Waals surface area contributed by atoms with Gasteiger partial charge in [-0.05, 0) is 42.0 Å². The van der Waals surface area contributed by atoms with Gasteiger partial charge < -0.3 is 4.90 Å². The van der Waals surface area contributed by atoms with E-state index in [4.69, 9.17) is 34.8 Å². The number of anilines is 1. The summed E-state index contributed by atoms with van der Waals surface area (Å²) in [5.41, 5.74) is 2.14. The largest absolute Gasteiger partial charge is 0.368 e. The third kappa shape index (κ3) is 4.31. The van der Waals surface area contributed by atoms with Crippen molar-refractivity contribution in [2.45, 2.75) is 0 Å². The summed E-state index contributed by atoms with van der Waals surface area (Å²) in [5.74, 6) is 0. The van der Waals surface area contributed by atoms with Crippen LogP contribution in [0, 0.1) is 0 Å². The molecule has 0 amide bonds. The molecular formula is C17H16Cl3N3. The fraction of sp³-hybridized carbons (Fsp3) is 0.235. The average molecular weight is 369 g/mol. The number of benzene rings is 2. The van der Waals surface area contributed by atoms with Gasteiger partial charge >= 0.3 is 0 Å². The zero-order valence-electron chi connectivity index (χ0n) is 12.4. The average Bonchev–Trinajstić information content (AvgIpc) is 2.57. The summed E-state index contributed by atoms with van der Waals surface area (Å²) in [6.45, 7) is 3.61. The summed E-state index contributed by atoms with van der Waals surface area (Å²) in [4.78, 5) is 2.33. The van der Waals surface area contributed by atoms with Crippen molar-refractivity contribution in [3.05, 3.63) is 63.1 Å². The molecule has 120 valence electrons. The van der Waals surface area contributed by atoms with Crippen LogP contribution in [-0.2, 0) is 0 Å². The molecule has 0 spiro atoms. The molecule has 0 radical (unpaired) electrons. The number of hydrogen-bond acceptors (Lipinski definition) is 3. The molecule has 2 aromatic carbocycles. The predicted molar refractivity (Wildman–Crippen MR) is 99.3 cm³/mol. The monoisotopic (exact) mass is 367 g/mol. The Kier molecular flexibility index (Phi) is 5.31. The number of hydrazone groups is 1. The highest BCUT2D eigenvalue weighted by molar-refractivity contribution is 6.42. The minimum Gasteiger partial charge on any atom is -0.368 e. The smallest absolute Gasteiger partial charge is 0.0598 e. The Morgan fingerprint density at radius 3 is 2.17 bits per heavy atom. The van der Waals surface area contributed by atoms with Crippen LogP contribution in [0.15, 0.2) is 47.6 Å². The van der Waals surface area contributed by atoms with Gasteiger partial charge in [-0.2, -0.15) is 5.10 Å². The van der Waals surface area contributed by atoms with Crippen molar-refractivity contribution in [1.82, 2.24) is 5.01 Å². The second-order valence-corrected chi connectivity index (χ2v) is 6.59. The first-order chi connectivity index (χ1) is 11.1. The molecule has 0 unspecified atom stereocenters. The van der Waals surface area contributed by atoms with Gasteiger partial charge in [-0.1, -0.05) is 40.9 Å². The highest BCUT2D eigenvalue weighted by Crippen LogP contribution is 2.22. The number of nitrogens with zero attached hydrogens (tertiary/aromatic N) is 3. The molecule has 0 bridgehead atoms. The van der Waals surface area contributed by atoms with Crippen LogP contribution in [0.4, 0.5) is 5.69 Å². The van der Waals surface area contributed by atoms with Crippen molar-refractivity contribution in [2.24, 2.45) is 5.10 Å². The van der Waals surface area contributed by atoms with Crippen molar-refractivity contribution in [3.8, 4) is 0 Å². The Hall–Kier alpha value is -1.42. The molecule has 1 fully saturated rings. The molecule has 1 aliphatic heterocycles. The van der Waals surface area contributed by atoms with Crippen molar-refractivity contribution < 1.29 is 0 Å². The minimum atomic E-state index is 0.545. The molecule has 0 atom stereocenters. The highest BCUT2D eigenvalue weighted by Gasteiger charge is 2.15. The number of piperazine rings is 1. The van der Waals surface area contributed by atoms with E-state index in [-0.39, 0.29) is 0 Å². The Bertz CT molecular complexity index is 693. The lowest BCUT2D eigenvalue weighted by Crippen LogP contribution is -2.44. The van der Waals surface area contributed by atoms with Gasteiger partial charge in [0.05, 0.1) is 29.3 Å². The normalized spacial score (nSPS) is 15.4. The third-order valence-electron chi connectivity index (χ3n) is 3.76. The lowest BCUT2D eigenvalue weighted by molar-refractivity contribution is 0.272. The quantitative estimate of drug-likeness (QED) is 0.724. The standard InChI is InChI=1S/C17H16Cl3N3/c18-14-2-4-15(5-3-14)22-7-9-23(10-8-22)21-12-13-1-6-16(19)17(20)11-13/h1-6,11-12H,7-10H2. The Morgan fingerprint density at radius 1 is 0.826 bits per heavy atom. The van der Waals surface area contributed by atoms with Crippen molar-refractivity contribution in [3.63, 3.8) is 0 Å². The van der Waals surface area contributed by atoms with Gasteiger partial charge in [0.25, 0.3) is 0 Å². The first kappa shape index (κ1) is 16.4. The molecule has 3 rings (SSSR count). The fourth-order valence-electron chi connectivity index (χ4n) is 2.46. The molecule has 0 aromatic heterocycles.